The van der Waals surface area contributed by atoms with Crippen LogP contribution in [0.1, 0.15) is 35.7 Å². The van der Waals surface area contributed by atoms with Gasteiger partial charge in [0.05, 0.1) is 12.7 Å². The summed E-state index contributed by atoms with van der Waals surface area (Å²) >= 11 is 0. The lowest BCUT2D eigenvalue weighted by molar-refractivity contribution is -0.131. The van der Waals surface area contributed by atoms with Crippen molar-refractivity contribution in [3.05, 3.63) is 23.3 Å². The van der Waals surface area contributed by atoms with E-state index in [2.05, 4.69) is 0 Å². The number of phenols is 1. The van der Waals surface area contributed by atoms with Crippen LogP contribution in [0.3, 0.4) is 0 Å². The molecular weight excluding hydrogens is 224 g/mol. The Balaban J connectivity index is 3.50. The molecule has 0 amide bonds. The Morgan fingerprint density at radius 3 is 2.29 bits per heavy atom. The number of Topliss-reactive ketones (excluding diaryl/α,β-unsaturated/α-hetero) is 1. The molecule has 0 saturated heterocycles. The van der Waals surface area contributed by atoms with Crippen molar-refractivity contribution in [2.24, 2.45) is 0 Å². The molecule has 1 aromatic carbocycles. The standard InChI is InChI=1S/C12H14O5/c1-6(2)7-4-5-8(17-3)10(13)9(7)11(14)12(15)16/h4-6,13H,1-3H3,(H,15,16). The fourth-order valence-corrected chi connectivity index (χ4v) is 1.58. The van der Waals surface area contributed by atoms with Crippen molar-refractivity contribution in [1.82, 2.24) is 0 Å². The van der Waals surface area contributed by atoms with Crippen molar-refractivity contribution in [3.63, 3.8) is 0 Å². The summed E-state index contributed by atoms with van der Waals surface area (Å²) in [5, 5.41) is 18.6. The lowest BCUT2D eigenvalue weighted by Gasteiger charge is -2.14. The molecule has 0 unspecified atom stereocenters. The number of aromatic hydroxyl groups is 1. The minimum absolute atomic E-state index is 0.0786. The molecule has 0 aromatic heterocycles. The number of carbonyl (C=O) groups excluding carboxylic acids is 1. The van der Waals surface area contributed by atoms with Gasteiger partial charge in [0.1, 0.15) is 0 Å². The molecule has 0 aliphatic rings. The largest absolute Gasteiger partial charge is 0.504 e. The van der Waals surface area contributed by atoms with Crippen LogP contribution in [0.2, 0.25) is 0 Å². The summed E-state index contributed by atoms with van der Waals surface area (Å²) in [6.07, 6.45) is 0. The minimum atomic E-state index is -1.60. The van der Waals surface area contributed by atoms with Gasteiger partial charge in [-0.25, -0.2) is 4.79 Å². The fourth-order valence-electron chi connectivity index (χ4n) is 1.58. The van der Waals surface area contributed by atoms with Gasteiger partial charge in [-0.2, -0.15) is 0 Å². The van der Waals surface area contributed by atoms with E-state index in [1.807, 2.05) is 0 Å². The maximum absolute atomic E-state index is 11.5. The molecule has 1 rings (SSSR count). The smallest absolute Gasteiger partial charge is 0.377 e. The Bertz CT molecular complexity index is 462. The zero-order valence-corrected chi connectivity index (χ0v) is 9.85. The van der Waals surface area contributed by atoms with Crippen LogP contribution in [0.15, 0.2) is 12.1 Å². The molecule has 0 heterocycles. The summed E-state index contributed by atoms with van der Waals surface area (Å²) < 4.78 is 4.86. The lowest BCUT2D eigenvalue weighted by atomic mass is 9.93. The van der Waals surface area contributed by atoms with Gasteiger partial charge in [0, 0.05) is 0 Å². The van der Waals surface area contributed by atoms with Crippen molar-refractivity contribution >= 4 is 11.8 Å². The molecule has 0 aliphatic heterocycles. The minimum Gasteiger partial charge on any atom is -0.504 e. The number of carbonyl (C=O) groups is 2. The number of benzene rings is 1. The second-order valence-electron chi connectivity index (χ2n) is 3.87. The molecule has 0 bridgehead atoms. The van der Waals surface area contributed by atoms with Gasteiger partial charge in [-0.15, -0.1) is 0 Å². The Labute approximate surface area is 98.6 Å². The fraction of sp³-hybridized carbons (Fsp3) is 0.333. The molecule has 0 saturated carbocycles. The predicted octanol–water partition coefficient (Wildman–Crippen LogP) is 1.79. The summed E-state index contributed by atoms with van der Waals surface area (Å²) in [5.41, 5.74) is 0.280. The molecular formula is C12H14O5. The number of ketones is 1. The molecule has 5 nitrogen and oxygen atoms in total. The molecule has 1 aromatic rings. The third-order valence-electron chi connectivity index (χ3n) is 2.44. The van der Waals surface area contributed by atoms with Crippen LogP contribution < -0.4 is 4.74 Å². The first-order chi connectivity index (χ1) is 7.90. The number of phenolic OH excluding ortho intramolecular Hbond substituents is 1. The third kappa shape index (κ3) is 2.38. The number of methoxy groups -OCH3 is 1. The average molecular weight is 238 g/mol. The van der Waals surface area contributed by atoms with E-state index >= 15 is 0 Å². The first kappa shape index (κ1) is 13.0. The van der Waals surface area contributed by atoms with Gasteiger partial charge in [-0.3, -0.25) is 4.79 Å². The van der Waals surface area contributed by atoms with Gasteiger partial charge in [0.25, 0.3) is 5.78 Å². The maximum Gasteiger partial charge on any atom is 0.377 e. The van der Waals surface area contributed by atoms with E-state index in [1.54, 1.807) is 19.9 Å². The molecule has 92 valence electrons. The van der Waals surface area contributed by atoms with Gasteiger partial charge >= 0.3 is 5.97 Å². The number of carboxylic acid groups (broad SMARTS) is 1. The number of rotatable bonds is 4. The second kappa shape index (κ2) is 4.86. The van der Waals surface area contributed by atoms with Crippen LogP contribution in [0.4, 0.5) is 0 Å². The van der Waals surface area contributed by atoms with Crippen LogP contribution in [0.25, 0.3) is 0 Å². The highest BCUT2D eigenvalue weighted by Gasteiger charge is 2.26. The van der Waals surface area contributed by atoms with Crippen LogP contribution in [0, 0.1) is 0 Å². The summed E-state index contributed by atoms with van der Waals surface area (Å²) in [7, 11) is 1.33. The van der Waals surface area contributed by atoms with Gasteiger partial charge in [-0.05, 0) is 17.5 Å². The van der Waals surface area contributed by atoms with Crippen molar-refractivity contribution < 1.29 is 24.5 Å². The number of carboxylic acids is 1. The lowest BCUT2D eigenvalue weighted by Crippen LogP contribution is -2.16. The predicted molar refractivity (Wildman–Crippen MR) is 60.7 cm³/mol. The number of ether oxygens (including phenoxy) is 1. The van der Waals surface area contributed by atoms with Crippen molar-refractivity contribution in [1.29, 1.82) is 0 Å². The van der Waals surface area contributed by atoms with Crippen LogP contribution in [-0.4, -0.2) is 29.1 Å². The highest BCUT2D eigenvalue weighted by Crippen LogP contribution is 2.35. The number of hydrogen-bond donors (Lipinski definition) is 2. The SMILES string of the molecule is COc1ccc(C(C)C)c(C(=O)C(=O)O)c1O. The van der Waals surface area contributed by atoms with E-state index in [-0.39, 0.29) is 17.2 Å². The number of hydrogen-bond acceptors (Lipinski definition) is 4. The van der Waals surface area contributed by atoms with Crippen LogP contribution in [-0.2, 0) is 4.79 Å². The summed E-state index contributed by atoms with van der Waals surface area (Å²) in [6, 6.07) is 3.09. The Morgan fingerprint density at radius 1 is 1.29 bits per heavy atom. The molecule has 17 heavy (non-hydrogen) atoms. The maximum atomic E-state index is 11.5. The van der Waals surface area contributed by atoms with Crippen molar-refractivity contribution in [2.45, 2.75) is 19.8 Å². The third-order valence-corrected chi connectivity index (χ3v) is 2.44. The Morgan fingerprint density at radius 2 is 1.88 bits per heavy atom. The quantitative estimate of drug-likeness (QED) is 0.617. The van der Waals surface area contributed by atoms with E-state index in [9.17, 15) is 14.7 Å². The van der Waals surface area contributed by atoms with Gasteiger partial charge in [-0.1, -0.05) is 19.9 Å². The highest BCUT2D eigenvalue weighted by atomic mass is 16.5. The second-order valence-corrected chi connectivity index (χ2v) is 3.87. The van der Waals surface area contributed by atoms with E-state index < -0.39 is 17.5 Å². The summed E-state index contributed by atoms with van der Waals surface area (Å²) in [4.78, 5) is 22.3. The first-order valence-electron chi connectivity index (χ1n) is 5.07. The molecule has 0 fully saturated rings. The monoisotopic (exact) mass is 238 g/mol. The first-order valence-corrected chi connectivity index (χ1v) is 5.07. The normalized spacial score (nSPS) is 10.4. The van der Waals surface area contributed by atoms with Gasteiger partial charge in [0.2, 0.25) is 0 Å². The molecule has 0 aliphatic carbocycles. The molecule has 0 atom stereocenters. The van der Waals surface area contributed by atoms with E-state index in [0.29, 0.717) is 5.56 Å². The molecule has 5 heteroatoms. The van der Waals surface area contributed by atoms with Crippen LogP contribution >= 0.6 is 0 Å². The van der Waals surface area contributed by atoms with Crippen molar-refractivity contribution in [2.75, 3.05) is 7.11 Å². The zero-order chi connectivity index (χ0) is 13.2. The Hall–Kier alpha value is -2.04. The highest BCUT2D eigenvalue weighted by molar-refractivity contribution is 6.41. The zero-order valence-electron chi connectivity index (χ0n) is 9.85. The molecule has 0 radical (unpaired) electrons. The Kier molecular flexibility index (Phi) is 3.73. The van der Waals surface area contributed by atoms with E-state index in [4.69, 9.17) is 9.84 Å². The molecule has 2 N–H and O–H groups in total. The molecule has 0 spiro atoms. The van der Waals surface area contributed by atoms with Crippen molar-refractivity contribution in [3.8, 4) is 11.5 Å². The van der Waals surface area contributed by atoms with Gasteiger partial charge < -0.3 is 14.9 Å². The van der Waals surface area contributed by atoms with E-state index in [1.165, 1.54) is 13.2 Å². The topological polar surface area (TPSA) is 83.8 Å². The van der Waals surface area contributed by atoms with Crippen LogP contribution in [0.5, 0.6) is 11.5 Å². The number of aliphatic carboxylic acids is 1. The van der Waals surface area contributed by atoms with Gasteiger partial charge in [0.15, 0.2) is 11.5 Å². The summed E-state index contributed by atoms with van der Waals surface area (Å²) in [6.45, 7) is 3.61. The van der Waals surface area contributed by atoms with E-state index in [0.717, 1.165) is 0 Å². The summed E-state index contributed by atoms with van der Waals surface area (Å²) in [5.74, 6) is -3.16. The average Bonchev–Trinajstić information content (AvgIpc) is 2.27.